The van der Waals surface area contributed by atoms with Crippen molar-refractivity contribution in [2.45, 2.75) is 58.0 Å². The lowest BCUT2D eigenvalue weighted by Crippen LogP contribution is -2.38. The number of ether oxygens (including phenoxy) is 2. The lowest BCUT2D eigenvalue weighted by atomic mass is 10.0. The third-order valence-electron chi connectivity index (χ3n) is 3.36. The Balaban J connectivity index is 2.67. The highest BCUT2D eigenvalue weighted by atomic mass is 16.6. The standard InChI is InChI=1S/C15H22O6/c1-4-9(2)15(19)21-13-7-8-14(18)20-12(13)6-5-11(17)10(3)16/h4,7-8,10-13,16-17H,5-6H2,1-3H3/b9-4+/t10-,11-,12-,13-/m0/s1. The number of aliphatic hydroxyl groups is 2. The van der Waals surface area contributed by atoms with Gasteiger partial charge >= 0.3 is 11.9 Å². The third-order valence-corrected chi connectivity index (χ3v) is 3.36. The van der Waals surface area contributed by atoms with Crippen molar-refractivity contribution in [3.8, 4) is 0 Å². The minimum absolute atomic E-state index is 0.236. The molecule has 1 aliphatic heterocycles. The van der Waals surface area contributed by atoms with Gasteiger partial charge in [-0.1, -0.05) is 6.08 Å². The number of allylic oxidation sites excluding steroid dienone is 1. The van der Waals surface area contributed by atoms with E-state index in [1.807, 2.05) is 0 Å². The third kappa shape index (κ3) is 5.32. The van der Waals surface area contributed by atoms with Gasteiger partial charge in [0.05, 0.1) is 12.2 Å². The molecule has 1 rings (SSSR count). The summed E-state index contributed by atoms with van der Waals surface area (Å²) >= 11 is 0. The molecule has 6 heteroatoms. The number of aliphatic hydroxyl groups excluding tert-OH is 2. The van der Waals surface area contributed by atoms with Gasteiger partial charge in [0.2, 0.25) is 0 Å². The normalized spacial score (nSPS) is 25.2. The summed E-state index contributed by atoms with van der Waals surface area (Å²) in [6.07, 6.45) is 1.71. The van der Waals surface area contributed by atoms with Gasteiger partial charge in [0.1, 0.15) is 6.10 Å². The first-order valence-electron chi connectivity index (χ1n) is 6.94. The van der Waals surface area contributed by atoms with E-state index in [0.717, 1.165) is 0 Å². The largest absolute Gasteiger partial charge is 0.455 e. The first kappa shape index (κ1) is 17.4. The fraction of sp³-hybridized carbons (Fsp3) is 0.600. The summed E-state index contributed by atoms with van der Waals surface area (Å²) in [5.74, 6) is -0.993. The molecule has 0 saturated carbocycles. The van der Waals surface area contributed by atoms with E-state index in [4.69, 9.17) is 9.47 Å². The lowest BCUT2D eigenvalue weighted by Gasteiger charge is -2.28. The van der Waals surface area contributed by atoms with Crippen LogP contribution in [0, 0.1) is 0 Å². The number of rotatable bonds is 6. The van der Waals surface area contributed by atoms with Crippen molar-refractivity contribution in [2.75, 3.05) is 0 Å². The summed E-state index contributed by atoms with van der Waals surface area (Å²) in [4.78, 5) is 23.1. The summed E-state index contributed by atoms with van der Waals surface area (Å²) in [6.45, 7) is 4.83. The van der Waals surface area contributed by atoms with Crippen molar-refractivity contribution in [3.63, 3.8) is 0 Å². The van der Waals surface area contributed by atoms with Crippen molar-refractivity contribution < 1.29 is 29.3 Å². The molecule has 0 aromatic carbocycles. The van der Waals surface area contributed by atoms with Crippen LogP contribution in [-0.2, 0) is 19.1 Å². The molecule has 118 valence electrons. The molecular formula is C15H22O6. The monoisotopic (exact) mass is 298 g/mol. The van der Waals surface area contributed by atoms with Gasteiger partial charge in [-0.25, -0.2) is 9.59 Å². The summed E-state index contributed by atoms with van der Waals surface area (Å²) in [5, 5.41) is 18.8. The van der Waals surface area contributed by atoms with E-state index in [-0.39, 0.29) is 12.8 Å². The molecule has 0 aromatic heterocycles. The Labute approximate surface area is 124 Å². The molecule has 0 fully saturated rings. The Morgan fingerprint density at radius 3 is 2.76 bits per heavy atom. The molecule has 4 atom stereocenters. The van der Waals surface area contributed by atoms with Crippen LogP contribution in [-0.4, -0.2) is 46.6 Å². The first-order valence-corrected chi connectivity index (χ1v) is 6.94. The molecule has 21 heavy (non-hydrogen) atoms. The first-order chi connectivity index (χ1) is 9.85. The molecule has 0 saturated heterocycles. The van der Waals surface area contributed by atoms with E-state index in [2.05, 4.69) is 0 Å². The van der Waals surface area contributed by atoms with E-state index in [9.17, 15) is 19.8 Å². The zero-order chi connectivity index (χ0) is 16.0. The van der Waals surface area contributed by atoms with E-state index in [1.165, 1.54) is 19.1 Å². The zero-order valence-electron chi connectivity index (χ0n) is 12.5. The van der Waals surface area contributed by atoms with Crippen LogP contribution in [0.5, 0.6) is 0 Å². The van der Waals surface area contributed by atoms with Crippen LogP contribution in [0.1, 0.15) is 33.6 Å². The summed E-state index contributed by atoms with van der Waals surface area (Å²) in [7, 11) is 0. The maximum atomic E-state index is 11.8. The fourth-order valence-corrected chi connectivity index (χ4v) is 1.80. The maximum Gasteiger partial charge on any atom is 0.334 e. The molecule has 0 aromatic rings. The van der Waals surface area contributed by atoms with Crippen molar-refractivity contribution in [2.24, 2.45) is 0 Å². The van der Waals surface area contributed by atoms with Crippen LogP contribution in [0.25, 0.3) is 0 Å². The molecular weight excluding hydrogens is 276 g/mol. The summed E-state index contributed by atoms with van der Waals surface area (Å²) in [5.41, 5.74) is 0.461. The lowest BCUT2D eigenvalue weighted by molar-refractivity contribution is -0.162. The summed E-state index contributed by atoms with van der Waals surface area (Å²) < 4.78 is 10.4. The Morgan fingerprint density at radius 2 is 2.19 bits per heavy atom. The van der Waals surface area contributed by atoms with Crippen LogP contribution in [0.15, 0.2) is 23.8 Å². The minimum atomic E-state index is -0.914. The second kappa shape index (κ2) is 7.95. The number of hydrogen-bond donors (Lipinski definition) is 2. The van der Waals surface area contributed by atoms with E-state index in [1.54, 1.807) is 19.9 Å². The van der Waals surface area contributed by atoms with E-state index in [0.29, 0.717) is 5.57 Å². The maximum absolute atomic E-state index is 11.8. The van der Waals surface area contributed by atoms with Crippen LogP contribution in [0.3, 0.4) is 0 Å². The zero-order valence-corrected chi connectivity index (χ0v) is 12.5. The molecule has 0 aliphatic carbocycles. The highest BCUT2D eigenvalue weighted by molar-refractivity contribution is 5.88. The van der Waals surface area contributed by atoms with Gasteiger partial charge in [0.15, 0.2) is 6.10 Å². The second-order valence-corrected chi connectivity index (χ2v) is 5.06. The smallest absolute Gasteiger partial charge is 0.334 e. The van der Waals surface area contributed by atoms with Gasteiger partial charge in [-0.15, -0.1) is 0 Å². The molecule has 2 N–H and O–H groups in total. The molecule has 0 spiro atoms. The van der Waals surface area contributed by atoms with E-state index >= 15 is 0 Å². The Bertz CT molecular complexity index is 437. The van der Waals surface area contributed by atoms with Crippen molar-refractivity contribution in [1.29, 1.82) is 0 Å². The topological polar surface area (TPSA) is 93.1 Å². The SMILES string of the molecule is C/C=C(\C)C(=O)O[C@H]1C=CC(=O)O[C@H]1CC[C@H](O)[C@H](C)O. The van der Waals surface area contributed by atoms with Crippen molar-refractivity contribution in [1.82, 2.24) is 0 Å². The number of hydrogen-bond acceptors (Lipinski definition) is 6. The molecule has 6 nitrogen and oxygen atoms in total. The van der Waals surface area contributed by atoms with Gasteiger partial charge in [-0.3, -0.25) is 0 Å². The van der Waals surface area contributed by atoms with Crippen LogP contribution < -0.4 is 0 Å². The van der Waals surface area contributed by atoms with Gasteiger partial charge < -0.3 is 19.7 Å². The molecule has 0 radical (unpaired) electrons. The van der Waals surface area contributed by atoms with Gasteiger partial charge in [-0.2, -0.15) is 0 Å². The predicted octanol–water partition coefficient (Wildman–Crippen LogP) is 0.868. The van der Waals surface area contributed by atoms with Crippen molar-refractivity contribution >= 4 is 11.9 Å². The quantitative estimate of drug-likeness (QED) is 0.558. The summed E-state index contributed by atoms with van der Waals surface area (Å²) in [6, 6.07) is 0. The van der Waals surface area contributed by atoms with Crippen LogP contribution in [0.2, 0.25) is 0 Å². The van der Waals surface area contributed by atoms with Gasteiger partial charge in [0, 0.05) is 11.6 Å². The molecule has 1 aliphatic rings. The molecule has 0 amide bonds. The molecule has 0 unspecified atom stereocenters. The average molecular weight is 298 g/mol. The highest BCUT2D eigenvalue weighted by Gasteiger charge is 2.30. The number of carbonyl (C=O) groups is 2. The van der Waals surface area contributed by atoms with Gasteiger partial charge in [0.25, 0.3) is 0 Å². The highest BCUT2D eigenvalue weighted by Crippen LogP contribution is 2.20. The Hall–Kier alpha value is -1.66. The van der Waals surface area contributed by atoms with Gasteiger partial charge in [-0.05, 0) is 39.7 Å². The van der Waals surface area contributed by atoms with Crippen molar-refractivity contribution in [3.05, 3.63) is 23.8 Å². The fourth-order valence-electron chi connectivity index (χ4n) is 1.80. The molecule has 1 heterocycles. The van der Waals surface area contributed by atoms with Crippen LogP contribution in [0.4, 0.5) is 0 Å². The predicted molar refractivity (Wildman–Crippen MR) is 75.3 cm³/mol. The average Bonchev–Trinajstić information content (AvgIpc) is 2.45. The number of cyclic esters (lactones) is 1. The minimum Gasteiger partial charge on any atom is -0.455 e. The Kier molecular flexibility index (Phi) is 6.58. The molecule has 0 bridgehead atoms. The van der Waals surface area contributed by atoms with E-state index < -0.39 is 36.4 Å². The number of esters is 2. The second-order valence-electron chi connectivity index (χ2n) is 5.06. The van der Waals surface area contributed by atoms with Crippen LogP contribution >= 0.6 is 0 Å². The Morgan fingerprint density at radius 1 is 1.52 bits per heavy atom. The number of carbonyl (C=O) groups excluding carboxylic acids is 2.